The molecule has 1 aromatic heterocycles. The number of anilines is 1. The summed E-state index contributed by atoms with van der Waals surface area (Å²) < 4.78 is 17.2. The van der Waals surface area contributed by atoms with Crippen molar-refractivity contribution < 1.29 is 23.8 Å². The lowest BCUT2D eigenvalue weighted by Gasteiger charge is -2.20. The summed E-state index contributed by atoms with van der Waals surface area (Å²) in [6, 6.07) is 24.7. The molecule has 2 N–H and O–H groups in total. The largest absolute Gasteiger partial charge is 0.492 e. The van der Waals surface area contributed by atoms with Gasteiger partial charge in [-0.3, -0.25) is 10.1 Å². The van der Waals surface area contributed by atoms with Gasteiger partial charge in [-0.15, -0.1) is 0 Å². The Kier molecular flexibility index (Phi) is 9.58. The van der Waals surface area contributed by atoms with Crippen LogP contribution >= 0.6 is 0 Å². The van der Waals surface area contributed by atoms with E-state index >= 15 is 0 Å². The van der Waals surface area contributed by atoms with E-state index in [1.165, 1.54) is 6.08 Å². The molecule has 0 saturated heterocycles. The van der Waals surface area contributed by atoms with Gasteiger partial charge in [-0.05, 0) is 75.2 Å². The molecule has 0 saturated carbocycles. The van der Waals surface area contributed by atoms with Gasteiger partial charge >= 0.3 is 6.09 Å². The molecule has 0 atom stereocenters. The van der Waals surface area contributed by atoms with Crippen LogP contribution in [0.3, 0.4) is 0 Å². The molecule has 0 bridgehead atoms. The molecule has 0 aliphatic heterocycles. The molecule has 8 nitrogen and oxygen atoms in total. The molecule has 4 rings (SSSR count). The molecule has 0 radical (unpaired) electrons. The Bertz CT molecular complexity index is 1540. The van der Waals surface area contributed by atoms with Crippen LogP contribution in [-0.4, -0.2) is 35.7 Å². The van der Waals surface area contributed by atoms with Crippen molar-refractivity contribution in [1.29, 1.82) is 0 Å². The zero-order valence-electron chi connectivity index (χ0n) is 23.8. The number of fused-ring (bicyclic) bond motifs is 1. The minimum Gasteiger partial charge on any atom is -0.492 e. The zero-order valence-corrected chi connectivity index (χ0v) is 23.8. The molecular weight excluding hydrogens is 518 g/mol. The Morgan fingerprint density at radius 3 is 2.56 bits per heavy atom. The van der Waals surface area contributed by atoms with Crippen LogP contribution in [0, 0.1) is 6.92 Å². The maximum Gasteiger partial charge on any atom is 0.412 e. The van der Waals surface area contributed by atoms with Crippen LogP contribution in [0.4, 0.5) is 10.5 Å². The third kappa shape index (κ3) is 9.10. The number of carbonyl (C=O) groups is 2. The van der Waals surface area contributed by atoms with Gasteiger partial charge in [-0.25, -0.2) is 9.78 Å². The summed E-state index contributed by atoms with van der Waals surface area (Å²) in [5.41, 5.74) is 3.35. The average Bonchev–Trinajstić information content (AvgIpc) is 2.93. The minimum atomic E-state index is -0.611. The summed E-state index contributed by atoms with van der Waals surface area (Å²) in [5.74, 6) is 1.14. The molecule has 8 heteroatoms. The van der Waals surface area contributed by atoms with Crippen LogP contribution in [0.15, 0.2) is 84.9 Å². The van der Waals surface area contributed by atoms with Crippen molar-refractivity contribution in [2.24, 2.45) is 0 Å². The van der Waals surface area contributed by atoms with Gasteiger partial charge in [0.1, 0.15) is 35.8 Å². The van der Waals surface area contributed by atoms with E-state index in [0.29, 0.717) is 36.8 Å². The number of aromatic nitrogens is 1. The Morgan fingerprint density at radius 2 is 1.73 bits per heavy atom. The van der Waals surface area contributed by atoms with E-state index in [1.807, 2.05) is 67.6 Å². The number of nitrogens with zero attached hydrogens (tertiary/aromatic N) is 1. The minimum absolute atomic E-state index is 0.276. The molecule has 0 fully saturated rings. The van der Waals surface area contributed by atoms with E-state index in [4.69, 9.17) is 14.2 Å². The third-order valence-electron chi connectivity index (χ3n) is 5.80. The number of carbonyl (C=O) groups excluding carboxylic acids is 2. The monoisotopic (exact) mass is 553 g/mol. The number of ether oxygens (including phenoxy) is 3. The second-order valence-electron chi connectivity index (χ2n) is 10.4. The molecule has 212 valence electrons. The molecule has 4 aromatic rings. The van der Waals surface area contributed by atoms with E-state index in [0.717, 1.165) is 27.9 Å². The Hall–Kier alpha value is -4.85. The summed E-state index contributed by atoms with van der Waals surface area (Å²) in [5, 5.41) is 6.55. The van der Waals surface area contributed by atoms with Gasteiger partial charge in [0.15, 0.2) is 0 Å². The number of pyridine rings is 1. The molecule has 0 spiro atoms. The van der Waals surface area contributed by atoms with Gasteiger partial charge < -0.3 is 19.5 Å². The fourth-order valence-corrected chi connectivity index (χ4v) is 3.96. The number of hydrogen-bond acceptors (Lipinski definition) is 6. The van der Waals surface area contributed by atoms with E-state index in [2.05, 4.69) is 15.6 Å². The summed E-state index contributed by atoms with van der Waals surface area (Å²) >= 11 is 0. The highest BCUT2D eigenvalue weighted by Crippen LogP contribution is 2.25. The predicted molar refractivity (Wildman–Crippen MR) is 161 cm³/mol. The number of benzene rings is 3. The normalized spacial score (nSPS) is 11.3. The lowest BCUT2D eigenvalue weighted by molar-refractivity contribution is -0.116. The van der Waals surface area contributed by atoms with Crippen LogP contribution < -0.4 is 20.1 Å². The topological polar surface area (TPSA) is 98.8 Å². The Balaban J connectivity index is 1.24. The number of rotatable bonds is 10. The molecule has 41 heavy (non-hydrogen) atoms. The van der Waals surface area contributed by atoms with Gasteiger partial charge in [-0.2, -0.15) is 0 Å². The van der Waals surface area contributed by atoms with Gasteiger partial charge in [0.05, 0.1) is 12.2 Å². The maximum absolute atomic E-state index is 12.3. The van der Waals surface area contributed by atoms with Crippen molar-refractivity contribution in [3.05, 3.63) is 102 Å². The van der Waals surface area contributed by atoms with Crippen molar-refractivity contribution in [3.63, 3.8) is 0 Å². The first-order valence-corrected chi connectivity index (χ1v) is 13.4. The predicted octanol–water partition coefficient (Wildman–Crippen LogP) is 6.68. The maximum atomic E-state index is 12.3. The molecule has 1 heterocycles. The van der Waals surface area contributed by atoms with E-state index in [9.17, 15) is 9.59 Å². The van der Waals surface area contributed by atoms with Gasteiger partial charge in [0.2, 0.25) is 5.91 Å². The molecule has 2 amide bonds. The molecular formula is C33H35N3O5. The highest BCUT2D eigenvalue weighted by atomic mass is 16.6. The van der Waals surface area contributed by atoms with Crippen LogP contribution in [0.1, 0.15) is 37.6 Å². The molecule has 0 unspecified atom stereocenters. The third-order valence-corrected chi connectivity index (χ3v) is 5.80. The highest BCUT2D eigenvalue weighted by molar-refractivity contribution is 5.94. The molecule has 0 aliphatic carbocycles. The second kappa shape index (κ2) is 13.5. The molecule has 0 aliphatic rings. The summed E-state index contributed by atoms with van der Waals surface area (Å²) in [6.07, 6.45) is 2.49. The fraction of sp³-hybridized carbons (Fsp3) is 0.242. The van der Waals surface area contributed by atoms with Crippen molar-refractivity contribution in [1.82, 2.24) is 10.3 Å². The fourth-order valence-electron chi connectivity index (χ4n) is 3.96. The quantitative estimate of drug-likeness (QED) is 0.168. The van der Waals surface area contributed by atoms with Gasteiger partial charge in [-0.1, -0.05) is 48.5 Å². The van der Waals surface area contributed by atoms with Crippen LogP contribution in [0.5, 0.6) is 11.5 Å². The smallest absolute Gasteiger partial charge is 0.412 e. The first kappa shape index (κ1) is 29.1. The van der Waals surface area contributed by atoms with Gasteiger partial charge in [0, 0.05) is 17.2 Å². The van der Waals surface area contributed by atoms with Crippen molar-refractivity contribution >= 4 is 34.7 Å². The zero-order chi connectivity index (χ0) is 29.2. The van der Waals surface area contributed by atoms with Crippen LogP contribution in [0.2, 0.25) is 0 Å². The highest BCUT2D eigenvalue weighted by Gasteiger charge is 2.16. The van der Waals surface area contributed by atoms with E-state index in [-0.39, 0.29) is 5.91 Å². The number of amides is 2. The Morgan fingerprint density at radius 1 is 0.927 bits per heavy atom. The van der Waals surface area contributed by atoms with Crippen LogP contribution in [0.25, 0.3) is 17.0 Å². The van der Waals surface area contributed by atoms with Crippen LogP contribution in [-0.2, 0) is 16.1 Å². The number of hydrogen-bond donors (Lipinski definition) is 2. The first-order chi connectivity index (χ1) is 19.7. The SMILES string of the molecule is Cc1ccc2cccc(OCc3cccc(OCCNC(=O)/C=C/c4ccccc4NC(=O)OC(C)(C)C)c3)c2n1. The van der Waals surface area contributed by atoms with E-state index < -0.39 is 11.7 Å². The first-order valence-electron chi connectivity index (χ1n) is 13.4. The summed E-state index contributed by atoms with van der Waals surface area (Å²) in [7, 11) is 0. The van der Waals surface area contributed by atoms with Crippen molar-refractivity contribution in [2.75, 3.05) is 18.5 Å². The standard InChI is InChI=1S/C33H35N3O5/c1-23-15-16-26-11-8-14-29(31(26)35-23)40-22-24-9-7-12-27(21-24)39-20-19-34-30(37)18-17-25-10-5-6-13-28(25)36-32(38)41-33(2,3)4/h5-18,21H,19-20,22H2,1-4H3,(H,34,37)(H,36,38)/b18-17+. The summed E-state index contributed by atoms with van der Waals surface area (Å²) in [6.45, 7) is 8.34. The number of para-hydroxylation sites is 2. The second-order valence-corrected chi connectivity index (χ2v) is 10.4. The molecule has 3 aromatic carbocycles. The number of nitrogens with one attached hydrogen (secondary N) is 2. The lowest BCUT2D eigenvalue weighted by atomic mass is 10.1. The Labute approximate surface area is 240 Å². The lowest BCUT2D eigenvalue weighted by Crippen LogP contribution is -2.27. The number of aryl methyl sites for hydroxylation is 1. The van der Waals surface area contributed by atoms with Gasteiger partial charge in [0.25, 0.3) is 0 Å². The van der Waals surface area contributed by atoms with Crippen molar-refractivity contribution in [3.8, 4) is 11.5 Å². The average molecular weight is 554 g/mol. The van der Waals surface area contributed by atoms with E-state index in [1.54, 1.807) is 45.0 Å². The van der Waals surface area contributed by atoms with Crippen molar-refractivity contribution in [2.45, 2.75) is 39.9 Å². The summed E-state index contributed by atoms with van der Waals surface area (Å²) in [4.78, 5) is 29.1.